The molecule has 0 unspecified atom stereocenters. The molecule has 0 aliphatic heterocycles. The molecular weight excluding hydrogens is 278 g/mol. The minimum absolute atomic E-state index is 0.139. The number of ether oxygens (including phenoxy) is 1. The number of hydrogen-bond donors (Lipinski definition) is 2. The number of carbonyl (C=O) groups is 1. The number of rotatable bonds is 8. The molecule has 0 aliphatic rings. The van der Waals surface area contributed by atoms with E-state index in [0.717, 1.165) is 29.8 Å². The van der Waals surface area contributed by atoms with Crippen molar-refractivity contribution in [2.45, 2.75) is 27.2 Å². The Bertz CT molecular complexity index is 464. The molecule has 0 aliphatic carbocycles. The van der Waals surface area contributed by atoms with Gasteiger partial charge in [-0.3, -0.25) is 0 Å². The minimum atomic E-state index is -0.139. The molecule has 0 saturated heterocycles. The Labute approximate surface area is 134 Å². The summed E-state index contributed by atoms with van der Waals surface area (Å²) in [6, 6.07) is 4.07. The molecule has 0 heterocycles. The van der Waals surface area contributed by atoms with Crippen LogP contribution < -0.4 is 15.4 Å². The molecule has 0 saturated carbocycles. The van der Waals surface area contributed by atoms with Gasteiger partial charge in [0.2, 0.25) is 0 Å². The van der Waals surface area contributed by atoms with Crippen molar-refractivity contribution >= 4 is 6.03 Å². The Kier molecular flexibility index (Phi) is 7.74. The van der Waals surface area contributed by atoms with Gasteiger partial charge in [-0.2, -0.15) is 0 Å². The van der Waals surface area contributed by atoms with E-state index in [4.69, 9.17) is 4.74 Å². The summed E-state index contributed by atoms with van der Waals surface area (Å²) in [7, 11) is 4.04. The van der Waals surface area contributed by atoms with Crippen LogP contribution in [0.1, 0.15) is 23.1 Å². The van der Waals surface area contributed by atoms with Crippen molar-refractivity contribution in [3.63, 3.8) is 0 Å². The predicted molar refractivity (Wildman–Crippen MR) is 90.7 cm³/mol. The molecule has 5 heteroatoms. The zero-order chi connectivity index (χ0) is 16.5. The van der Waals surface area contributed by atoms with Crippen LogP contribution in [0.2, 0.25) is 0 Å². The highest BCUT2D eigenvalue weighted by atomic mass is 16.5. The molecule has 0 atom stereocenters. The molecule has 2 amide bonds. The van der Waals surface area contributed by atoms with E-state index in [1.165, 1.54) is 5.56 Å². The third-order valence-electron chi connectivity index (χ3n) is 3.31. The molecule has 0 radical (unpaired) electrons. The lowest BCUT2D eigenvalue weighted by Gasteiger charge is -2.14. The van der Waals surface area contributed by atoms with Crippen LogP contribution >= 0.6 is 0 Å². The van der Waals surface area contributed by atoms with Crippen molar-refractivity contribution in [1.29, 1.82) is 0 Å². The van der Waals surface area contributed by atoms with Crippen LogP contribution in [-0.4, -0.2) is 51.3 Å². The average molecular weight is 307 g/mol. The maximum absolute atomic E-state index is 11.6. The molecule has 0 fully saturated rings. The van der Waals surface area contributed by atoms with Gasteiger partial charge in [0.25, 0.3) is 0 Å². The van der Waals surface area contributed by atoms with E-state index in [1.54, 1.807) is 0 Å². The number of benzene rings is 1. The van der Waals surface area contributed by atoms with E-state index in [2.05, 4.69) is 34.6 Å². The number of hydrogen-bond acceptors (Lipinski definition) is 3. The molecule has 1 aromatic rings. The lowest BCUT2D eigenvalue weighted by molar-refractivity contribution is 0.235. The summed E-state index contributed by atoms with van der Waals surface area (Å²) in [6.45, 7) is 8.77. The predicted octanol–water partition coefficient (Wildman–Crippen LogP) is 2.24. The van der Waals surface area contributed by atoms with E-state index in [0.29, 0.717) is 19.7 Å². The summed E-state index contributed by atoms with van der Waals surface area (Å²) in [5.41, 5.74) is 3.49. The first kappa shape index (κ1) is 18.3. The summed E-state index contributed by atoms with van der Waals surface area (Å²) in [6.07, 6.45) is 0.943. The van der Waals surface area contributed by atoms with Crippen LogP contribution in [-0.2, 0) is 0 Å². The first-order chi connectivity index (χ1) is 10.4. The smallest absolute Gasteiger partial charge is 0.314 e. The molecule has 124 valence electrons. The maximum Gasteiger partial charge on any atom is 0.314 e. The Morgan fingerprint density at radius 1 is 1.09 bits per heavy atom. The molecule has 0 bridgehead atoms. The molecule has 1 aromatic carbocycles. The first-order valence-corrected chi connectivity index (χ1v) is 7.77. The van der Waals surface area contributed by atoms with Gasteiger partial charge in [0.15, 0.2) is 0 Å². The fraction of sp³-hybridized carbons (Fsp3) is 0.588. The number of nitrogens with zero attached hydrogens (tertiary/aromatic N) is 1. The third kappa shape index (κ3) is 6.80. The maximum atomic E-state index is 11.6. The van der Waals surface area contributed by atoms with Crippen LogP contribution in [0.5, 0.6) is 5.75 Å². The van der Waals surface area contributed by atoms with Crippen molar-refractivity contribution in [2.24, 2.45) is 0 Å². The van der Waals surface area contributed by atoms with Crippen molar-refractivity contribution in [2.75, 3.05) is 40.3 Å². The highest BCUT2D eigenvalue weighted by Crippen LogP contribution is 2.24. The largest absolute Gasteiger partial charge is 0.491 e. The summed E-state index contributed by atoms with van der Waals surface area (Å²) < 4.78 is 5.78. The van der Waals surface area contributed by atoms with Crippen molar-refractivity contribution in [1.82, 2.24) is 15.5 Å². The van der Waals surface area contributed by atoms with Gasteiger partial charge in [-0.05, 0) is 59.0 Å². The van der Waals surface area contributed by atoms with Crippen LogP contribution in [0.15, 0.2) is 12.1 Å². The highest BCUT2D eigenvalue weighted by Gasteiger charge is 2.05. The van der Waals surface area contributed by atoms with E-state index in [-0.39, 0.29) is 6.03 Å². The Hall–Kier alpha value is -1.75. The van der Waals surface area contributed by atoms with Crippen molar-refractivity contribution < 1.29 is 9.53 Å². The number of carbonyl (C=O) groups excluding carboxylic acids is 1. The summed E-state index contributed by atoms with van der Waals surface area (Å²) in [5, 5.41) is 5.64. The van der Waals surface area contributed by atoms with E-state index >= 15 is 0 Å². The van der Waals surface area contributed by atoms with E-state index < -0.39 is 0 Å². The molecule has 2 N–H and O–H groups in total. The number of urea groups is 1. The Balaban J connectivity index is 2.21. The highest BCUT2D eigenvalue weighted by molar-refractivity contribution is 5.73. The summed E-state index contributed by atoms with van der Waals surface area (Å²) in [4.78, 5) is 13.7. The lowest BCUT2D eigenvalue weighted by atomic mass is 10.1. The fourth-order valence-corrected chi connectivity index (χ4v) is 2.37. The van der Waals surface area contributed by atoms with Gasteiger partial charge in [0, 0.05) is 6.54 Å². The van der Waals surface area contributed by atoms with Gasteiger partial charge in [0.05, 0.1) is 6.54 Å². The second-order valence-corrected chi connectivity index (χ2v) is 5.92. The van der Waals surface area contributed by atoms with Gasteiger partial charge in [0.1, 0.15) is 12.4 Å². The average Bonchev–Trinajstić information content (AvgIpc) is 2.41. The molecule has 1 rings (SSSR count). The van der Waals surface area contributed by atoms with Crippen LogP contribution in [0.3, 0.4) is 0 Å². The van der Waals surface area contributed by atoms with Gasteiger partial charge < -0.3 is 20.3 Å². The second-order valence-electron chi connectivity index (χ2n) is 5.92. The third-order valence-corrected chi connectivity index (χ3v) is 3.31. The monoisotopic (exact) mass is 307 g/mol. The fourth-order valence-electron chi connectivity index (χ4n) is 2.37. The Morgan fingerprint density at radius 2 is 1.68 bits per heavy atom. The number of amides is 2. The van der Waals surface area contributed by atoms with Gasteiger partial charge in [-0.25, -0.2) is 4.79 Å². The zero-order valence-electron chi connectivity index (χ0n) is 14.5. The Morgan fingerprint density at radius 3 is 2.27 bits per heavy atom. The number of nitrogens with one attached hydrogen (secondary N) is 2. The van der Waals surface area contributed by atoms with Crippen LogP contribution in [0.4, 0.5) is 4.79 Å². The molecule has 22 heavy (non-hydrogen) atoms. The molecule has 0 aromatic heterocycles. The van der Waals surface area contributed by atoms with Crippen molar-refractivity contribution in [3.05, 3.63) is 28.8 Å². The van der Waals surface area contributed by atoms with Gasteiger partial charge >= 0.3 is 6.03 Å². The van der Waals surface area contributed by atoms with Gasteiger partial charge in [-0.1, -0.05) is 17.7 Å². The topological polar surface area (TPSA) is 53.6 Å². The van der Waals surface area contributed by atoms with Crippen LogP contribution in [0, 0.1) is 20.8 Å². The van der Waals surface area contributed by atoms with E-state index in [9.17, 15) is 4.79 Å². The quantitative estimate of drug-likeness (QED) is 0.724. The second kappa shape index (κ2) is 9.30. The van der Waals surface area contributed by atoms with Crippen LogP contribution in [0.25, 0.3) is 0 Å². The summed E-state index contributed by atoms with van der Waals surface area (Å²) >= 11 is 0. The zero-order valence-corrected chi connectivity index (χ0v) is 14.5. The molecule has 0 spiro atoms. The van der Waals surface area contributed by atoms with Gasteiger partial charge in [-0.15, -0.1) is 0 Å². The summed E-state index contributed by atoms with van der Waals surface area (Å²) in [5.74, 6) is 0.916. The standard InChI is InChI=1S/C17H29N3O2/c1-13-11-14(2)16(15(3)12-13)22-10-8-19-17(21)18-7-6-9-20(4)5/h11-12H,6-10H2,1-5H3,(H2,18,19,21). The molecular formula is C17H29N3O2. The number of aryl methyl sites for hydroxylation is 3. The van der Waals surface area contributed by atoms with Crippen molar-refractivity contribution in [3.8, 4) is 5.75 Å². The van der Waals surface area contributed by atoms with E-state index in [1.807, 2.05) is 27.9 Å². The lowest BCUT2D eigenvalue weighted by Crippen LogP contribution is -2.38. The minimum Gasteiger partial charge on any atom is -0.491 e. The SMILES string of the molecule is Cc1cc(C)c(OCCNC(=O)NCCCN(C)C)c(C)c1. The first-order valence-electron chi connectivity index (χ1n) is 7.77. The molecule has 5 nitrogen and oxygen atoms in total. The normalized spacial score (nSPS) is 10.6.